The van der Waals surface area contributed by atoms with Crippen LogP contribution in [0.25, 0.3) is 11.3 Å². The average Bonchev–Trinajstić information content (AvgIpc) is 3.31. The maximum Gasteiger partial charge on any atom is 0.341 e. The van der Waals surface area contributed by atoms with Crippen LogP contribution in [0.4, 0.5) is 5.00 Å². The highest BCUT2D eigenvalue weighted by Crippen LogP contribution is 2.37. The van der Waals surface area contributed by atoms with Gasteiger partial charge in [0, 0.05) is 16.4 Å². The van der Waals surface area contributed by atoms with Gasteiger partial charge in [-0.25, -0.2) is 9.59 Å². The van der Waals surface area contributed by atoms with Crippen LogP contribution in [0.1, 0.15) is 50.7 Å². The van der Waals surface area contributed by atoms with Crippen molar-refractivity contribution in [1.82, 2.24) is 5.32 Å². The van der Waals surface area contributed by atoms with Gasteiger partial charge in [0.05, 0.1) is 6.61 Å². The summed E-state index contributed by atoms with van der Waals surface area (Å²) in [5, 5.41) is 7.05. The summed E-state index contributed by atoms with van der Waals surface area (Å²) < 4.78 is 15.7. The first-order valence-electron chi connectivity index (χ1n) is 10.1. The summed E-state index contributed by atoms with van der Waals surface area (Å²) in [6, 6.07) is 2.57. The lowest BCUT2D eigenvalue weighted by molar-refractivity contribution is -0.150. The van der Waals surface area contributed by atoms with Crippen LogP contribution in [0.3, 0.4) is 0 Å². The zero-order valence-corrected chi connectivity index (χ0v) is 19.8. The summed E-state index contributed by atoms with van der Waals surface area (Å²) in [5.41, 5.74) is -0.0113. The summed E-state index contributed by atoms with van der Waals surface area (Å²) in [4.78, 5) is 49.0. The predicted molar refractivity (Wildman–Crippen MR) is 119 cm³/mol. The van der Waals surface area contributed by atoms with Crippen molar-refractivity contribution in [3.05, 3.63) is 28.8 Å². The molecule has 0 aliphatic heterocycles. The first kappa shape index (κ1) is 25.1. The Bertz CT molecular complexity index is 1000. The van der Waals surface area contributed by atoms with E-state index in [1.807, 2.05) is 0 Å². The SMILES string of the molecule is CCOC(=O)c1c(-c2ccc(C)o2)csc1NC(=O)COC(=O)[C@@H](C)NC(=O)C(C)(C)C. The summed E-state index contributed by atoms with van der Waals surface area (Å²) >= 11 is 1.12. The number of furan rings is 1. The van der Waals surface area contributed by atoms with Gasteiger partial charge in [-0.2, -0.15) is 0 Å². The normalized spacial score (nSPS) is 12.1. The molecule has 10 heteroatoms. The molecule has 0 bridgehead atoms. The number of amides is 2. The van der Waals surface area contributed by atoms with E-state index >= 15 is 0 Å². The highest BCUT2D eigenvalue weighted by Gasteiger charge is 2.27. The number of aryl methyl sites for hydroxylation is 1. The second kappa shape index (κ2) is 10.4. The Labute approximate surface area is 190 Å². The van der Waals surface area contributed by atoms with Crippen LogP contribution in [0.15, 0.2) is 21.9 Å². The van der Waals surface area contributed by atoms with Gasteiger partial charge in [0.2, 0.25) is 5.91 Å². The number of ether oxygens (including phenoxy) is 2. The van der Waals surface area contributed by atoms with Gasteiger partial charge in [0.25, 0.3) is 5.91 Å². The molecule has 2 aromatic rings. The number of anilines is 1. The van der Waals surface area contributed by atoms with Gasteiger partial charge in [0.1, 0.15) is 28.1 Å². The maximum absolute atomic E-state index is 12.5. The molecule has 0 fully saturated rings. The molecule has 0 aromatic carbocycles. The first-order chi connectivity index (χ1) is 14.9. The molecular weight excluding hydrogens is 436 g/mol. The zero-order valence-electron chi connectivity index (χ0n) is 19.0. The molecule has 1 atom stereocenters. The molecule has 0 spiro atoms. The minimum atomic E-state index is -0.917. The molecule has 2 rings (SSSR count). The fourth-order valence-corrected chi connectivity index (χ4v) is 3.47. The molecule has 0 unspecified atom stereocenters. The van der Waals surface area contributed by atoms with Gasteiger partial charge in [0.15, 0.2) is 6.61 Å². The number of hydrogen-bond acceptors (Lipinski definition) is 8. The van der Waals surface area contributed by atoms with Crippen LogP contribution in [0, 0.1) is 12.3 Å². The molecule has 0 saturated heterocycles. The van der Waals surface area contributed by atoms with Crippen molar-refractivity contribution in [2.45, 2.75) is 47.6 Å². The number of carbonyl (C=O) groups is 4. The molecule has 2 aromatic heterocycles. The number of nitrogens with one attached hydrogen (secondary N) is 2. The van der Waals surface area contributed by atoms with Crippen LogP contribution in [-0.4, -0.2) is 43.0 Å². The van der Waals surface area contributed by atoms with Crippen LogP contribution in [0.2, 0.25) is 0 Å². The standard InChI is InChI=1S/C22H28N2O7S/c1-7-29-20(27)17-14(15-9-8-12(2)31-15)11-32-18(17)24-16(25)10-30-19(26)13(3)23-21(28)22(4,5)6/h8-9,11,13H,7,10H2,1-6H3,(H,23,28)(H,24,25)/t13-/m1/s1. The van der Waals surface area contributed by atoms with E-state index in [0.717, 1.165) is 11.3 Å². The number of hydrogen-bond donors (Lipinski definition) is 2. The van der Waals surface area contributed by atoms with Gasteiger partial charge in [-0.05, 0) is 32.9 Å². The molecule has 0 aliphatic rings. The lowest BCUT2D eigenvalue weighted by atomic mass is 9.95. The first-order valence-corrected chi connectivity index (χ1v) is 10.9. The monoisotopic (exact) mass is 464 g/mol. The minimum Gasteiger partial charge on any atom is -0.462 e. The van der Waals surface area contributed by atoms with Gasteiger partial charge in [-0.1, -0.05) is 20.8 Å². The Morgan fingerprint density at radius 1 is 1.16 bits per heavy atom. The third-order valence-electron chi connectivity index (χ3n) is 4.26. The molecule has 174 valence electrons. The van der Waals surface area contributed by atoms with E-state index in [-0.39, 0.29) is 23.1 Å². The topological polar surface area (TPSA) is 124 Å². The Balaban J connectivity index is 2.06. The summed E-state index contributed by atoms with van der Waals surface area (Å²) in [6.45, 7) is 9.66. The fourth-order valence-electron chi connectivity index (χ4n) is 2.51. The Hall–Kier alpha value is -3.14. The largest absolute Gasteiger partial charge is 0.462 e. The third kappa shape index (κ3) is 6.43. The van der Waals surface area contributed by atoms with E-state index in [1.54, 1.807) is 52.1 Å². The van der Waals surface area contributed by atoms with Crippen LogP contribution in [0.5, 0.6) is 0 Å². The summed E-state index contributed by atoms with van der Waals surface area (Å²) in [6.07, 6.45) is 0. The lowest BCUT2D eigenvalue weighted by Crippen LogP contribution is -2.45. The number of rotatable bonds is 8. The highest BCUT2D eigenvalue weighted by molar-refractivity contribution is 7.15. The number of esters is 2. The lowest BCUT2D eigenvalue weighted by Gasteiger charge is -2.20. The average molecular weight is 465 g/mol. The van der Waals surface area contributed by atoms with Crippen molar-refractivity contribution in [1.29, 1.82) is 0 Å². The minimum absolute atomic E-state index is 0.161. The molecule has 0 radical (unpaired) electrons. The number of thiophene rings is 1. The Kier molecular flexibility index (Phi) is 8.20. The van der Waals surface area contributed by atoms with Crippen LogP contribution >= 0.6 is 11.3 Å². The second-order valence-electron chi connectivity index (χ2n) is 8.09. The Morgan fingerprint density at radius 2 is 1.84 bits per heavy atom. The van der Waals surface area contributed by atoms with Crippen molar-refractivity contribution in [2.24, 2.45) is 5.41 Å². The summed E-state index contributed by atoms with van der Waals surface area (Å²) in [5.74, 6) is -1.17. The van der Waals surface area contributed by atoms with Crippen molar-refractivity contribution >= 4 is 40.1 Å². The molecule has 2 heterocycles. The summed E-state index contributed by atoms with van der Waals surface area (Å²) in [7, 11) is 0. The van der Waals surface area contributed by atoms with E-state index < -0.39 is 35.9 Å². The maximum atomic E-state index is 12.5. The van der Waals surface area contributed by atoms with E-state index in [9.17, 15) is 19.2 Å². The third-order valence-corrected chi connectivity index (χ3v) is 5.15. The fraction of sp³-hybridized carbons (Fsp3) is 0.455. The van der Waals surface area contributed by atoms with Crippen molar-refractivity contribution in [3.63, 3.8) is 0 Å². The van der Waals surface area contributed by atoms with Crippen LogP contribution in [-0.2, 0) is 23.9 Å². The van der Waals surface area contributed by atoms with Gasteiger partial charge < -0.3 is 24.5 Å². The highest BCUT2D eigenvalue weighted by atomic mass is 32.1. The second-order valence-corrected chi connectivity index (χ2v) is 8.96. The van der Waals surface area contributed by atoms with E-state index in [2.05, 4.69) is 10.6 Å². The molecule has 2 N–H and O–H groups in total. The van der Waals surface area contributed by atoms with Gasteiger partial charge in [-0.3, -0.25) is 9.59 Å². The zero-order chi connectivity index (χ0) is 24.1. The quantitative estimate of drug-likeness (QED) is 0.573. The van der Waals surface area contributed by atoms with Crippen molar-refractivity contribution in [3.8, 4) is 11.3 Å². The molecule has 0 saturated carbocycles. The smallest absolute Gasteiger partial charge is 0.341 e. The van der Waals surface area contributed by atoms with Gasteiger partial charge in [-0.15, -0.1) is 11.3 Å². The molecule has 2 amide bonds. The van der Waals surface area contributed by atoms with Crippen molar-refractivity contribution in [2.75, 3.05) is 18.5 Å². The molecule has 0 aliphatic carbocycles. The number of carbonyl (C=O) groups excluding carboxylic acids is 4. The Morgan fingerprint density at radius 3 is 2.41 bits per heavy atom. The molecule has 32 heavy (non-hydrogen) atoms. The van der Waals surface area contributed by atoms with E-state index in [4.69, 9.17) is 13.9 Å². The molecule has 9 nitrogen and oxygen atoms in total. The molecular formula is C22H28N2O7S. The van der Waals surface area contributed by atoms with E-state index in [1.165, 1.54) is 6.92 Å². The van der Waals surface area contributed by atoms with Crippen molar-refractivity contribution < 1.29 is 33.1 Å². The van der Waals surface area contributed by atoms with Gasteiger partial charge >= 0.3 is 11.9 Å². The van der Waals surface area contributed by atoms with E-state index in [0.29, 0.717) is 17.1 Å². The van der Waals surface area contributed by atoms with Crippen LogP contribution < -0.4 is 10.6 Å². The predicted octanol–water partition coefficient (Wildman–Crippen LogP) is 3.53.